The van der Waals surface area contributed by atoms with Crippen LogP contribution in [-0.4, -0.2) is 39.1 Å². The van der Waals surface area contributed by atoms with E-state index in [0.717, 1.165) is 37.7 Å². The van der Waals surface area contributed by atoms with E-state index in [1.165, 1.54) is 19.4 Å². The standard InChI is InChI=1S/C27H42F2O3/c1-17(15-27(28,29)16-25(3,4)32)22-10-11-23-19(7-6-12-26(22,23)5)8-9-20-13-21(30)14-24(31)18(20)2/h8-9,17,21-24,30-32H,2,6-7,10-16H2,1,3-5H3/b19-8?,20-9-/t17-,21-,22-,23?,24-,26-/m1/s1. The van der Waals surface area contributed by atoms with Gasteiger partial charge in [0.1, 0.15) is 0 Å². The summed E-state index contributed by atoms with van der Waals surface area (Å²) in [5.74, 6) is -2.35. The highest BCUT2D eigenvalue weighted by molar-refractivity contribution is 5.38. The zero-order valence-corrected chi connectivity index (χ0v) is 20.2. The lowest BCUT2D eigenvalue weighted by atomic mass is 9.60. The first kappa shape index (κ1) is 25.6. The van der Waals surface area contributed by atoms with Crippen LogP contribution in [0.15, 0.2) is 35.5 Å². The van der Waals surface area contributed by atoms with E-state index in [-0.39, 0.29) is 23.7 Å². The molecule has 0 aliphatic heterocycles. The number of aliphatic hydroxyl groups excluding tert-OH is 2. The fourth-order valence-corrected chi connectivity index (χ4v) is 7.00. The van der Waals surface area contributed by atoms with E-state index >= 15 is 0 Å². The Bertz CT molecular complexity index is 763. The van der Waals surface area contributed by atoms with Gasteiger partial charge in [0.05, 0.1) is 17.8 Å². The molecule has 6 atom stereocenters. The first-order valence-electron chi connectivity index (χ1n) is 12.3. The molecule has 0 saturated heterocycles. The molecule has 1 unspecified atom stereocenters. The Kier molecular flexibility index (Phi) is 7.44. The molecule has 0 radical (unpaired) electrons. The zero-order valence-electron chi connectivity index (χ0n) is 20.2. The molecule has 3 aliphatic carbocycles. The SMILES string of the molecule is C=C1/C(=C\C=C2CCC[C@@]3(C)C2CC[C@@H]3[C@H](C)CC(F)(F)CC(C)(C)O)C[C@@H](O)C[C@H]1O. The van der Waals surface area contributed by atoms with E-state index < -0.39 is 30.2 Å². The average Bonchev–Trinajstić information content (AvgIpc) is 2.98. The van der Waals surface area contributed by atoms with Crippen LogP contribution >= 0.6 is 0 Å². The molecule has 0 spiro atoms. The molecule has 0 aromatic rings. The molecular weight excluding hydrogens is 410 g/mol. The maximum absolute atomic E-state index is 14.6. The van der Waals surface area contributed by atoms with Gasteiger partial charge in [0.25, 0.3) is 5.92 Å². The minimum Gasteiger partial charge on any atom is -0.393 e. The fraction of sp³-hybridized carbons (Fsp3) is 0.778. The van der Waals surface area contributed by atoms with E-state index in [1.807, 2.05) is 13.0 Å². The summed E-state index contributed by atoms with van der Waals surface area (Å²) < 4.78 is 29.3. The maximum Gasteiger partial charge on any atom is 0.251 e. The Balaban J connectivity index is 1.75. The summed E-state index contributed by atoms with van der Waals surface area (Å²) in [5, 5.41) is 30.0. The van der Waals surface area contributed by atoms with E-state index in [4.69, 9.17) is 0 Å². The van der Waals surface area contributed by atoms with Crippen LogP contribution in [0.2, 0.25) is 0 Å². The second kappa shape index (κ2) is 9.31. The fourth-order valence-electron chi connectivity index (χ4n) is 7.00. The Labute approximate surface area is 192 Å². The number of fused-ring (bicyclic) bond motifs is 1. The van der Waals surface area contributed by atoms with Crippen LogP contribution in [0.1, 0.15) is 85.5 Å². The van der Waals surface area contributed by atoms with Crippen molar-refractivity contribution in [1.82, 2.24) is 0 Å². The Hall–Kier alpha value is -1.04. The zero-order chi connectivity index (χ0) is 23.9. The van der Waals surface area contributed by atoms with Gasteiger partial charge in [-0.2, -0.15) is 0 Å². The second-order valence-corrected chi connectivity index (χ2v) is 11.7. The quantitative estimate of drug-likeness (QED) is 0.467. The van der Waals surface area contributed by atoms with Crippen LogP contribution < -0.4 is 0 Å². The number of halogens is 2. The van der Waals surface area contributed by atoms with E-state index in [9.17, 15) is 24.1 Å². The van der Waals surface area contributed by atoms with Gasteiger partial charge in [0.2, 0.25) is 0 Å². The van der Waals surface area contributed by atoms with E-state index in [1.54, 1.807) is 0 Å². The predicted molar refractivity (Wildman–Crippen MR) is 124 cm³/mol. The lowest BCUT2D eigenvalue weighted by Crippen LogP contribution is -2.39. The number of allylic oxidation sites excluding steroid dienone is 3. The molecule has 3 nitrogen and oxygen atoms in total. The van der Waals surface area contributed by atoms with Gasteiger partial charge in [0.15, 0.2) is 0 Å². The number of aliphatic hydroxyl groups is 3. The Morgan fingerprint density at radius 2 is 1.91 bits per heavy atom. The van der Waals surface area contributed by atoms with Crippen molar-refractivity contribution in [3.05, 3.63) is 35.5 Å². The number of rotatable bonds is 6. The minimum absolute atomic E-state index is 0.00935. The van der Waals surface area contributed by atoms with Gasteiger partial charge in [-0.25, -0.2) is 8.78 Å². The molecule has 3 fully saturated rings. The van der Waals surface area contributed by atoms with Crippen molar-refractivity contribution in [2.24, 2.45) is 23.2 Å². The van der Waals surface area contributed by atoms with Gasteiger partial charge in [-0.3, -0.25) is 0 Å². The van der Waals surface area contributed by atoms with E-state index in [0.29, 0.717) is 24.3 Å². The molecule has 32 heavy (non-hydrogen) atoms. The Morgan fingerprint density at radius 1 is 1.22 bits per heavy atom. The van der Waals surface area contributed by atoms with Crippen LogP contribution in [0, 0.1) is 23.2 Å². The smallest absolute Gasteiger partial charge is 0.251 e. The van der Waals surface area contributed by atoms with Gasteiger partial charge >= 0.3 is 0 Å². The Morgan fingerprint density at radius 3 is 2.56 bits per heavy atom. The van der Waals surface area contributed by atoms with Crippen molar-refractivity contribution < 1.29 is 24.1 Å². The monoisotopic (exact) mass is 452 g/mol. The summed E-state index contributed by atoms with van der Waals surface area (Å²) >= 11 is 0. The molecule has 0 amide bonds. The van der Waals surface area contributed by atoms with Crippen molar-refractivity contribution in [2.45, 2.75) is 109 Å². The van der Waals surface area contributed by atoms with Crippen molar-refractivity contribution in [1.29, 1.82) is 0 Å². The molecule has 5 heteroatoms. The minimum atomic E-state index is -2.87. The third-order valence-electron chi connectivity index (χ3n) is 8.30. The summed E-state index contributed by atoms with van der Waals surface area (Å²) in [6.45, 7) is 11.1. The molecule has 3 saturated carbocycles. The topological polar surface area (TPSA) is 60.7 Å². The lowest BCUT2D eigenvalue weighted by molar-refractivity contribution is -0.0949. The van der Waals surface area contributed by atoms with Crippen LogP contribution in [0.4, 0.5) is 8.78 Å². The van der Waals surface area contributed by atoms with Gasteiger partial charge in [-0.1, -0.05) is 38.2 Å². The summed E-state index contributed by atoms with van der Waals surface area (Å²) in [5.41, 5.74) is 1.61. The maximum atomic E-state index is 14.6. The number of alkyl halides is 2. The lowest BCUT2D eigenvalue weighted by Gasteiger charge is -2.45. The molecule has 3 aliphatic rings. The summed E-state index contributed by atoms with van der Waals surface area (Å²) in [6, 6.07) is 0. The first-order chi connectivity index (χ1) is 14.7. The van der Waals surface area contributed by atoms with Crippen molar-refractivity contribution in [2.75, 3.05) is 0 Å². The first-order valence-corrected chi connectivity index (χ1v) is 12.3. The predicted octanol–water partition coefficient (Wildman–Crippen LogP) is 5.95. The third kappa shape index (κ3) is 5.71. The largest absolute Gasteiger partial charge is 0.393 e. The summed E-state index contributed by atoms with van der Waals surface area (Å²) in [7, 11) is 0. The van der Waals surface area contributed by atoms with Gasteiger partial charge in [-0.05, 0) is 86.7 Å². The van der Waals surface area contributed by atoms with Crippen molar-refractivity contribution in [3.63, 3.8) is 0 Å². The molecule has 3 N–H and O–H groups in total. The summed E-state index contributed by atoms with van der Waals surface area (Å²) in [6.07, 6.45) is 8.20. The highest BCUT2D eigenvalue weighted by Crippen LogP contribution is 2.60. The van der Waals surface area contributed by atoms with Crippen LogP contribution in [0.25, 0.3) is 0 Å². The number of hydrogen-bond acceptors (Lipinski definition) is 3. The average molecular weight is 453 g/mol. The second-order valence-electron chi connectivity index (χ2n) is 11.7. The normalized spacial score (nSPS) is 37.7. The van der Waals surface area contributed by atoms with Gasteiger partial charge in [-0.15, -0.1) is 0 Å². The van der Waals surface area contributed by atoms with Crippen LogP contribution in [-0.2, 0) is 0 Å². The molecule has 182 valence electrons. The number of hydrogen-bond donors (Lipinski definition) is 3. The van der Waals surface area contributed by atoms with Crippen molar-refractivity contribution in [3.8, 4) is 0 Å². The third-order valence-corrected chi connectivity index (χ3v) is 8.30. The van der Waals surface area contributed by atoms with Crippen molar-refractivity contribution >= 4 is 0 Å². The molecular formula is C27H42F2O3. The molecule has 0 heterocycles. The molecule has 0 bridgehead atoms. The highest BCUT2D eigenvalue weighted by Gasteiger charge is 2.52. The van der Waals surface area contributed by atoms with Gasteiger partial charge in [0, 0.05) is 19.3 Å². The van der Waals surface area contributed by atoms with E-state index in [2.05, 4.69) is 19.6 Å². The van der Waals surface area contributed by atoms with Crippen LogP contribution in [0.3, 0.4) is 0 Å². The molecule has 3 rings (SSSR count). The summed E-state index contributed by atoms with van der Waals surface area (Å²) in [4.78, 5) is 0. The molecule has 0 aromatic heterocycles. The van der Waals surface area contributed by atoms with Gasteiger partial charge < -0.3 is 15.3 Å². The van der Waals surface area contributed by atoms with Crippen LogP contribution in [0.5, 0.6) is 0 Å². The molecule has 0 aromatic carbocycles. The highest BCUT2D eigenvalue weighted by atomic mass is 19.3.